The summed E-state index contributed by atoms with van der Waals surface area (Å²) in [6.45, 7) is 5.60. The summed E-state index contributed by atoms with van der Waals surface area (Å²) in [5.41, 5.74) is 4.66. The molecule has 1 aliphatic rings. The normalized spacial score (nSPS) is 13.8. The van der Waals surface area contributed by atoms with Gasteiger partial charge in [-0.05, 0) is 25.0 Å². The molecule has 2 heterocycles. The minimum atomic E-state index is -0.359. The van der Waals surface area contributed by atoms with E-state index in [1.54, 1.807) is 12.1 Å². The third kappa shape index (κ3) is 4.52. The van der Waals surface area contributed by atoms with Crippen LogP contribution in [0.15, 0.2) is 54.9 Å². The number of rotatable bonds is 8. The predicted molar refractivity (Wildman–Crippen MR) is 114 cm³/mol. The SMILES string of the molecule is CCOc1ccc([N+](=O)[O-])cc1CN1CCc2c(ncn2CCc2ccccc2)C1. The maximum Gasteiger partial charge on any atom is 0.270 e. The molecule has 4 rings (SSSR count). The van der Waals surface area contributed by atoms with Gasteiger partial charge in [-0.25, -0.2) is 4.98 Å². The fraction of sp³-hybridized carbons (Fsp3) is 0.348. The molecular formula is C23H26N4O3. The molecular weight excluding hydrogens is 380 g/mol. The number of ether oxygens (including phenoxy) is 1. The largest absolute Gasteiger partial charge is 0.494 e. The second kappa shape index (κ2) is 9.09. The Balaban J connectivity index is 1.44. The van der Waals surface area contributed by atoms with Gasteiger partial charge in [0.05, 0.1) is 23.6 Å². The zero-order valence-corrected chi connectivity index (χ0v) is 17.2. The quantitative estimate of drug-likeness (QED) is 0.418. The number of aromatic nitrogens is 2. The van der Waals surface area contributed by atoms with Gasteiger partial charge in [-0.15, -0.1) is 0 Å². The van der Waals surface area contributed by atoms with Crippen molar-refractivity contribution in [2.24, 2.45) is 0 Å². The molecule has 7 heteroatoms. The Labute approximate surface area is 176 Å². The van der Waals surface area contributed by atoms with E-state index in [0.29, 0.717) is 18.9 Å². The molecule has 0 aliphatic carbocycles. The molecule has 1 aliphatic heterocycles. The lowest BCUT2D eigenvalue weighted by Crippen LogP contribution is -2.31. The van der Waals surface area contributed by atoms with Crippen molar-refractivity contribution < 1.29 is 9.66 Å². The lowest BCUT2D eigenvalue weighted by Gasteiger charge is -2.27. The summed E-state index contributed by atoms with van der Waals surface area (Å²) in [5, 5.41) is 11.2. The van der Waals surface area contributed by atoms with E-state index in [1.165, 1.54) is 17.3 Å². The molecule has 3 aromatic rings. The zero-order valence-electron chi connectivity index (χ0n) is 17.2. The number of fused-ring (bicyclic) bond motifs is 1. The molecule has 7 nitrogen and oxygen atoms in total. The lowest BCUT2D eigenvalue weighted by atomic mass is 10.1. The second-order valence-corrected chi connectivity index (χ2v) is 7.51. The maximum absolute atomic E-state index is 11.2. The van der Waals surface area contributed by atoms with Crippen LogP contribution in [0.5, 0.6) is 5.75 Å². The van der Waals surface area contributed by atoms with E-state index in [1.807, 2.05) is 19.3 Å². The Morgan fingerprint density at radius 1 is 1.20 bits per heavy atom. The van der Waals surface area contributed by atoms with Crippen molar-refractivity contribution in [2.75, 3.05) is 13.2 Å². The van der Waals surface area contributed by atoms with Gasteiger partial charge in [0.15, 0.2) is 0 Å². The van der Waals surface area contributed by atoms with Crippen LogP contribution in [0.4, 0.5) is 5.69 Å². The topological polar surface area (TPSA) is 73.4 Å². The van der Waals surface area contributed by atoms with Crippen LogP contribution in [0.1, 0.15) is 29.4 Å². The number of nitrogens with zero attached hydrogens (tertiary/aromatic N) is 4. The molecule has 0 fully saturated rings. The molecule has 156 valence electrons. The number of benzene rings is 2. The first kappa shape index (κ1) is 20.1. The van der Waals surface area contributed by atoms with E-state index in [2.05, 4.69) is 38.7 Å². The summed E-state index contributed by atoms with van der Waals surface area (Å²) in [7, 11) is 0. The molecule has 2 aromatic carbocycles. The maximum atomic E-state index is 11.2. The van der Waals surface area contributed by atoms with E-state index >= 15 is 0 Å². The van der Waals surface area contributed by atoms with Gasteiger partial charge < -0.3 is 9.30 Å². The van der Waals surface area contributed by atoms with E-state index in [4.69, 9.17) is 4.74 Å². The molecule has 0 saturated carbocycles. The van der Waals surface area contributed by atoms with Crippen molar-refractivity contribution in [2.45, 2.75) is 39.4 Å². The number of non-ortho nitro benzene ring substituents is 1. The molecule has 0 amide bonds. The minimum absolute atomic E-state index is 0.0938. The van der Waals surface area contributed by atoms with Gasteiger partial charge in [0.2, 0.25) is 0 Å². The van der Waals surface area contributed by atoms with Crippen LogP contribution in [0.25, 0.3) is 0 Å². The minimum Gasteiger partial charge on any atom is -0.494 e. The summed E-state index contributed by atoms with van der Waals surface area (Å²) in [6, 6.07) is 15.3. The van der Waals surface area contributed by atoms with Crippen molar-refractivity contribution in [1.29, 1.82) is 0 Å². The highest BCUT2D eigenvalue weighted by molar-refractivity contribution is 5.44. The molecule has 0 bridgehead atoms. The Hall–Kier alpha value is -3.19. The average molecular weight is 406 g/mol. The van der Waals surface area contributed by atoms with Crippen molar-refractivity contribution in [1.82, 2.24) is 14.5 Å². The Morgan fingerprint density at radius 2 is 2.03 bits per heavy atom. The van der Waals surface area contributed by atoms with Gasteiger partial charge in [0.1, 0.15) is 5.75 Å². The summed E-state index contributed by atoms with van der Waals surface area (Å²) in [5.74, 6) is 0.710. The van der Waals surface area contributed by atoms with Crippen LogP contribution in [-0.2, 0) is 32.5 Å². The van der Waals surface area contributed by atoms with Crippen LogP contribution >= 0.6 is 0 Å². The fourth-order valence-electron chi connectivity index (χ4n) is 3.99. The lowest BCUT2D eigenvalue weighted by molar-refractivity contribution is -0.385. The van der Waals surface area contributed by atoms with Gasteiger partial charge in [0, 0.05) is 56.0 Å². The van der Waals surface area contributed by atoms with Crippen LogP contribution in [0.3, 0.4) is 0 Å². The van der Waals surface area contributed by atoms with Crippen LogP contribution in [0.2, 0.25) is 0 Å². The molecule has 1 aromatic heterocycles. The molecule has 0 radical (unpaired) electrons. The second-order valence-electron chi connectivity index (χ2n) is 7.51. The van der Waals surface area contributed by atoms with Gasteiger partial charge in [-0.2, -0.15) is 0 Å². The molecule has 0 saturated heterocycles. The highest BCUT2D eigenvalue weighted by Crippen LogP contribution is 2.28. The summed E-state index contributed by atoms with van der Waals surface area (Å²) < 4.78 is 7.95. The first-order chi connectivity index (χ1) is 14.6. The van der Waals surface area contributed by atoms with Crippen molar-refractivity contribution >= 4 is 5.69 Å². The number of hydrogen-bond donors (Lipinski definition) is 0. The highest BCUT2D eigenvalue weighted by Gasteiger charge is 2.23. The van der Waals surface area contributed by atoms with Crippen LogP contribution < -0.4 is 4.74 Å². The standard InChI is InChI=1S/C23H26N4O3/c1-2-30-23-9-8-20(27(28)29)14-19(23)15-25-12-11-22-21(16-25)24-17-26(22)13-10-18-6-4-3-5-7-18/h3-9,14,17H,2,10-13,15-16H2,1H3. The van der Waals surface area contributed by atoms with Gasteiger partial charge in [-0.1, -0.05) is 30.3 Å². The Morgan fingerprint density at radius 3 is 2.80 bits per heavy atom. The van der Waals surface area contributed by atoms with Crippen molar-refractivity contribution in [3.63, 3.8) is 0 Å². The monoisotopic (exact) mass is 406 g/mol. The third-order valence-electron chi connectivity index (χ3n) is 5.50. The molecule has 0 spiro atoms. The van der Waals surface area contributed by atoms with Gasteiger partial charge >= 0.3 is 0 Å². The van der Waals surface area contributed by atoms with Crippen molar-refractivity contribution in [3.8, 4) is 5.75 Å². The van der Waals surface area contributed by atoms with E-state index in [0.717, 1.165) is 43.7 Å². The average Bonchev–Trinajstić information content (AvgIpc) is 3.16. The van der Waals surface area contributed by atoms with Gasteiger partial charge in [0.25, 0.3) is 5.69 Å². The van der Waals surface area contributed by atoms with E-state index in [-0.39, 0.29) is 10.6 Å². The number of nitro benzene ring substituents is 1. The first-order valence-corrected chi connectivity index (χ1v) is 10.3. The number of aryl methyl sites for hydroxylation is 2. The molecule has 0 N–H and O–H groups in total. The first-order valence-electron chi connectivity index (χ1n) is 10.3. The summed E-state index contributed by atoms with van der Waals surface area (Å²) in [4.78, 5) is 17.7. The molecule has 0 unspecified atom stereocenters. The summed E-state index contributed by atoms with van der Waals surface area (Å²) >= 11 is 0. The Bertz CT molecular complexity index is 1020. The third-order valence-corrected chi connectivity index (χ3v) is 5.50. The van der Waals surface area contributed by atoms with Gasteiger partial charge in [-0.3, -0.25) is 15.0 Å². The smallest absolute Gasteiger partial charge is 0.270 e. The summed E-state index contributed by atoms with van der Waals surface area (Å²) in [6.07, 6.45) is 3.85. The van der Waals surface area contributed by atoms with Crippen LogP contribution in [0, 0.1) is 10.1 Å². The number of hydrogen-bond acceptors (Lipinski definition) is 5. The van der Waals surface area contributed by atoms with E-state index < -0.39 is 0 Å². The van der Waals surface area contributed by atoms with Crippen molar-refractivity contribution in [3.05, 3.63) is 87.5 Å². The predicted octanol–water partition coefficient (Wildman–Crippen LogP) is 3.99. The fourth-order valence-corrected chi connectivity index (χ4v) is 3.99. The number of nitro groups is 1. The molecule has 0 atom stereocenters. The zero-order chi connectivity index (χ0) is 20.9. The van der Waals surface area contributed by atoms with Crippen LogP contribution in [-0.4, -0.2) is 32.5 Å². The Kier molecular flexibility index (Phi) is 6.09. The number of imidazole rings is 1. The van der Waals surface area contributed by atoms with E-state index in [9.17, 15) is 10.1 Å². The highest BCUT2D eigenvalue weighted by atomic mass is 16.6. The molecule has 30 heavy (non-hydrogen) atoms.